The highest BCUT2D eigenvalue weighted by molar-refractivity contribution is 5.73. The van der Waals surface area contributed by atoms with Crippen LogP contribution in [0.5, 0.6) is 0 Å². The Morgan fingerprint density at radius 3 is 2.60 bits per heavy atom. The van der Waals surface area contributed by atoms with Gasteiger partial charge in [0.1, 0.15) is 0 Å². The molecule has 1 aromatic carbocycles. The quantitative estimate of drug-likeness (QED) is 0.608. The van der Waals surface area contributed by atoms with Crippen LogP contribution in [0, 0.1) is 10.1 Å². The minimum atomic E-state index is -0.451. The molecule has 5 nitrogen and oxygen atoms in total. The lowest BCUT2D eigenvalue weighted by molar-refractivity contribution is -0.385. The number of nitro benzene ring substituents is 1. The van der Waals surface area contributed by atoms with Crippen molar-refractivity contribution in [3.8, 4) is 0 Å². The van der Waals surface area contributed by atoms with Crippen LogP contribution in [-0.4, -0.2) is 10.8 Å². The molecule has 0 bridgehead atoms. The van der Waals surface area contributed by atoms with E-state index in [4.69, 9.17) is 0 Å². The van der Waals surface area contributed by atoms with Gasteiger partial charge >= 0.3 is 0 Å². The average Bonchev–Trinajstić information content (AvgIpc) is 2.16. The molecule has 1 rings (SSSR count). The topological polar surface area (TPSA) is 72.2 Å². The molecule has 1 atom stereocenters. The number of para-hydroxylation sites is 1. The number of benzene rings is 1. The highest BCUT2D eigenvalue weighted by Gasteiger charge is 2.18. The number of rotatable bonds is 3. The normalized spacial score (nSPS) is 11.9. The van der Waals surface area contributed by atoms with E-state index in [1.165, 1.54) is 13.0 Å². The van der Waals surface area contributed by atoms with E-state index in [9.17, 15) is 14.9 Å². The first-order valence-corrected chi connectivity index (χ1v) is 4.52. The monoisotopic (exact) mass is 208 g/mol. The highest BCUT2D eigenvalue weighted by Crippen LogP contribution is 2.24. The number of hydrogen-bond donors (Lipinski definition) is 1. The average molecular weight is 208 g/mol. The lowest BCUT2D eigenvalue weighted by Crippen LogP contribution is -2.24. The summed E-state index contributed by atoms with van der Waals surface area (Å²) >= 11 is 0. The van der Waals surface area contributed by atoms with Crippen LogP contribution in [0.15, 0.2) is 24.3 Å². The van der Waals surface area contributed by atoms with Crippen molar-refractivity contribution in [2.45, 2.75) is 19.9 Å². The molecule has 1 unspecified atom stereocenters. The third-order valence-electron chi connectivity index (χ3n) is 2.02. The van der Waals surface area contributed by atoms with Gasteiger partial charge in [-0.05, 0) is 6.92 Å². The Balaban J connectivity index is 3.02. The number of carbonyl (C=O) groups excluding carboxylic acids is 1. The number of nitro groups is 1. The molecular weight excluding hydrogens is 196 g/mol. The smallest absolute Gasteiger partial charge is 0.274 e. The summed E-state index contributed by atoms with van der Waals surface area (Å²) in [7, 11) is 0. The second-order valence-corrected chi connectivity index (χ2v) is 3.24. The van der Waals surface area contributed by atoms with Crippen LogP contribution in [0.25, 0.3) is 0 Å². The Kier molecular flexibility index (Phi) is 3.38. The van der Waals surface area contributed by atoms with Gasteiger partial charge in [0.05, 0.1) is 16.5 Å². The molecule has 1 aromatic rings. The second-order valence-electron chi connectivity index (χ2n) is 3.24. The number of carbonyl (C=O) groups is 1. The van der Waals surface area contributed by atoms with Crippen molar-refractivity contribution in [1.29, 1.82) is 0 Å². The van der Waals surface area contributed by atoms with E-state index in [1.807, 2.05) is 0 Å². The Morgan fingerprint density at radius 2 is 2.07 bits per heavy atom. The zero-order valence-electron chi connectivity index (χ0n) is 8.56. The molecule has 0 heterocycles. The molecule has 0 aliphatic carbocycles. The van der Waals surface area contributed by atoms with Crippen molar-refractivity contribution >= 4 is 11.6 Å². The standard InChI is InChI=1S/C10H12N2O3/c1-7(11-8(2)13)9-5-3-4-6-10(9)12(14)15/h3-7H,1-2H3,(H,11,13). The van der Waals surface area contributed by atoms with Crippen LogP contribution in [0.1, 0.15) is 25.5 Å². The van der Waals surface area contributed by atoms with Gasteiger partial charge in [-0.15, -0.1) is 0 Å². The molecule has 1 N–H and O–H groups in total. The molecule has 15 heavy (non-hydrogen) atoms. The summed E-state index contributed by atoms with van der Waals surface area (Å²) in [6, 6.07) is 6.01. The zero-order valence-corrected chi connectivity index (χ0v) is 8.56. The van der Waals surface area contributed by atoms with E-state index in [0.29, 0.717) is 5.56 Å². The lowest BCUT2D eigenvalue weighted by atomic mass is 10.1. The van der Waals surface area contributed by atoms with Crippen LogP contribution >= 0.6 is 0 Å². The first-order valence-electron chi connectivity index (χ1n) is 4.52. The zero-order chi connectivity index (χ0) is 11.4. The van der Waals surface area contributed by atoms with Crippen molar-refractivity contribution in [2.75, 3.05) is 0 Å². The van der Waals surface area contributed by atoms with Gasteiger partial charge < -0.3 is 5.32 Å². The molecule has 0 aromatic heterocycles. The number of nitrogens with one attached hydrogen (secondary N) is 1. The molecule has 0 aliphatic rings. The molecule has 0 saturated carbocycles. The van der Waals surface area contributed by atoms with Gasteiger partial charge in [-0.2, -0.15) is 0 Å². The summed E-state index contributed by atoms with van der Waals surface area (Å²) in [6.45, 7) is 3.09. The van der Waals surface area contributed by atoms with Crippen molar-refractivity contribution in [3.05, 3.63) is 39.9 Å². The predicted octanol–water partition coefficient (Wildman–Crippen LogP) is 1.79. The van der Waals surface area contributed by atoms with E-state index in [0.717, 1.165) is 0 Å². The summed E-state index contributed by atoms with van der Waals surface area (Å²) < 4.78 is 0. The fourth-order valence-electron chi connectivity index (χ4n) is 1.40. The summed E-state index contributed by atoms with van der Waals surface area (Å²) in [5.41, 5.74) is 0.538. The van der Waals surface area contributed by atoms with Gasteiger partial charge in [0, 0.05) is 13.0 Å². The number of nitrogens with zero attached hydrogens (tertiary/aromatic N) is 1. The van der Waals surface area contributed by atoms with Gasteiger partial charge in [0.2, 0.25) is 5.91 Å². The van der Waals surface area contributed by atoms with E-state index in [2.05, 4.69) is 5.32 Å². The van der Waals surface area contributed by atoms with E-state index in [1.54, 1.807) is 25.1 Å². The Labute approximate surface area is 87.3 Å². The fourth-order valence-corrected chi connectivity index (χ4v) is 1.40. The van der Waals surface area contributed by atoms with Crippen molar-refractivity contribution in [3.63, 3.8) is 0 Å². The summed E-state index contributed by atoms with van der Waals surface area (Å²) in [5, 5.41) is 13.3. The third kappa shape index (κ3) is 2.77. The maximum Gasteiger partial charge on any atom is 0.274 e. The Hall–Kier alpha value is -1.91. The van der Waals surface area contributed by atoms with E-state index >= 15 is 0 Å². The van der Waals surface area contributed by atoms with Crippen LogP contribution in [0.2, 0.25) is 0 Å². The molecular formula is C10H12N2O3. The molecule has 80 valence electrons. The molecule has 0 spiro atoms. The maximum atomic E-state index is 10.8. The van der Waals surface area contributed by atoms with Gasteiger partial charge in [-0.25, -0.2) is 0 Å². The first-order chi connectivity index (χ1) is 7.02. The van der Waals surface area contributed by atoms with Crippen LogP contribution in [0.3, 0.4) is 0 Å². The van der Waals surface area contributed by atoms with Crippen LogP contribution in [0.4, 0.5) is 5.69 Å². The third-order valence-corrected chi connectivity index (χ3v) is 2.02. The summed E-state index contributed by atoms with van der Waals surface area (Å²) in [5.74, 6) is -0.208. The molecule has 5 heteroatoms. The molecule has 0 saturated heterocycles. The Morgan fingerprint density at radius 1 is 1.47 bits per heavy atom. The van der Waals surface area contributed by atoms with Crippen LogP contribution < -0.4 is 5.32 Å². The van der Waals surface area contributed by atoms with E-state index in [-0.39, 0.29) is 17.6 Å². The largest absolute Gasteiger partial charge is 0.350 e. The molecule has 0 aliphatic heterocycles. The molecule has 0 radical (unpaired) electrons. The van der Waals surface area contributed by atoms with Gasteiger partial charge in [0.15, 0.2) is 0 Å². The van der Waals surface area contributed by atoms with Gasteiger partial charge in [-0.1, -0.05) is 18.2 Å². The van der Waals surface area contributed by atoms with Gasteiger partial charge in [0.25, 0.3) is 5.69 Å². The summed E-state index contributed by atoms with van der Waals surface area (Å²) in [4.78, 5) is 21.1. The molecule has 0 fully saturated rings. The van der Waals surface area contributed by atoms with Crippen molar-refractivity contribution in [2.24, 2.45) is 0 Å². The predicted molar refractivity (Wildman–Crippen MR) is 55.3 cm³/mol. The summed E-state index contributed by atoms with van der Waals surface area (Å²) in [6.07, 6.45) is 0. The highest BCUT2D eigenvalue weighted by atomic mass is 16.6. The lowest BCUT2D eigenvalue weighted by Gasteiger charge is -2.12. The fraction of sp³-hybridized carbons (Fsp3) is 0.300. The van der Waals surface area contributed by atoms with Crippen molar-refractivity contribution in [1.82, 2.24) is 5.32 Å². The van der Waals surface area contributed by atoms with Crippen molar-refractivity contribution < 1.29 is 9.72 Å². The van der Waals surface area contributed by atoms with Gasteiger partial charge in [-0.3, -0.25) is 14.9 Å². The SMILES string of the molecule is CC(=O)NC(C)c1ccccc1[N+](=O)[O-]. The van der Waals surface area contributed by atoms with E-state index < -0.39 is 4.92 Å². The first kappa shape index (κ1) is 11.2. The minimum Gasteiger partial charge on any atom is -0.350 e. The number of amides is 1. The maximum absolute atomic E-state index is 10.8. The van der Waals surface area contributed by atoms with Crippen LogP contribution in [-0.2, 0) is 4.79 Å². The minimum absolute atomic E-state index is 0.0266. The Bertz CT molecular complexity index is 390. The second kappa shape index (κ2) is 4.54. The molecule has 1 amide bonds. The number of hydrogen-bond acceptors (Lipinski definition) is 3.